The summed E-state index contributed by atoms with van der Waals surface area (Å²) >= 11 is 0. The lowest BCUT2D eigenvalue weighted by Gasteiger charge is -2.14. The fourth-order valence-corrected chi connectivity index (χ4v) is 2.58. The lowest BCUT2D eigenvalue weighted by molar-refractivity contribution is -0.274. The molecule has 9 heteroatoms. The van der Waals surface area contributed by atoms with Crippen LogP contribution in [0, 0.1) is 0 Å². The lowest BCUT2D eigenvalue weighted by Crippen LogP contribution is -2.24. The number of alkyl halides is 3. The summed E-state index contributed by atoms with van der Waals surface area (Å²) in [5.41, 5.74) is 1.42. The molecule has 0 atom stereocenters. The Balaban J connectivity index is 2.26. The molecule has 0 spiro atoms. The normalized spacial score (nSPS) is 11.0. The zero-order chi connectivity index (χ0) is 22.1. The highest BCUT2D eigenvalue weighted by atomic mass is 19.4. The highest BCUT2D eigenvalue weighted by Gasteiger charge is 2.31. The molecule has 0 bridgehead atoms. The number of ether oxygens (including phenoxy) is 3. The Labute approximate surface area is 171 Å². The first-order chi connectivity index (χ1) is 14.2. The van der Waals surface area contributed by atoms with Crippen LogP contribution in [0.5, 0.6) is 11.5 Å². The van der Waals surface area contributed by atoms with Crippen molar-refractivity contribution in [2.75, 3.05) is 19.0 Å². The van der Waals surface area contributed by atoms with Gasteiger partial charge in [0, 0.05) is 0 Å². The molecule has 0 aliphatic rings. The molecular formula is C21H22F3NO5. The van der Waals surface area contributed by atoms with E-state index in [0.717, 1.165) is 26.4 Å². The minimum atomic E-state index is -4.77. The van der Waals surface area contributed by atoms with Gasteiger partial charge in [0.2, 0.25) is 0 Å². The van der Waals surface area contributed by atoms with Crippen molar-refractivity contribution in [3.05, 3.63) is 42.5 Å². The number of carbonyl (C=O) groups excluding carboxylic acids is 2. The summed E-state index contributed by atoms with van der Waals surface area (Å²) in [5, 5.41) is 2.44. The first-order valence-electron chi connectivity index (χ1n) is 9.26. The summed E-state index contributed by atoms with van der Waals surface area (Å²) in [5.74, 6) is -2.02. The molecule has 2 aromatic rings. The van der Waals surface area contributed by atoms with Crippen LogP contribution in [0.4, 0.5) is 18.9 Å². The molecule has 6 nitrogen and oxygen atoms in total. The topological polar surface area (TPSA) is 73.9 Å². The van der Waals surface area contributed by atoms with Crippen molar-refractivity contribution in [1.29, 1.82) is 0 Å². The van der Waals surface area contributed by atoms with Crippen molar-refractivity contribution < 1.29 is 37.0 Å². The predicted octanol–water partition coefficient (Wildman–Crippen LogP) is 4.93. The number of rotatable bonds is 8. The number of unbranched alkanes of at least 4 members (excludes halogenated alkanes) is 2. The average Bonchev–Trinajstić information content (AvgIpc) is 2.70. The molecule has 0 aromatic heterocycles. The summed E-state index contributed by atoms with van der Waals surface area (Å²) < 4.78 is 50.9. The predicted molar refractivity (Wildman–Crippen MR) is 104 cm³/mol. The van der Waals surface area contributed by atoms with Gasteiger partial charge in [-0.25, -0.2) is 4.79 Å². The van der Waals surface area contributed by atoms with Gasteiger partial charge < -0.3 is 19.5 Å². The van der Waals surface area contributed by atoms with E-state index in [-0.39, 0.29) is 11.4 Å². The molecule has 0 aliphatic carbocycles. The molecule has 0 aliphatic heterocycles. The summed E-state index contributed by atoms with van der Waals surface area (Å²) in [6, 6.07) is 10.1. The smallest absolute Gasteiger partial charge is 0.491 e. The van der Waals surface area contributed by atoms with Crippen molar-refractivity contribution in [2.24, 2.45) is 0 Å². The third kappa shape index (κ3) is 6.98. The van der Waals surface area contributed by atoms with E-state index in [9.17, 15) is 22.8 Å². The Morgan fingerprint density at radius 2 is 1.67 bits per heavy atom. The minimum absolute atomic E-state index is 0.245. The van der Waals surface area contributed by atoms with Gasteiger partial charge in [0.15, 0.2) is 0 Å². The molecular weight excluding hydrogens is 403 g/mol. The van der Waals surface area contributed by atoms with Crippen molar-refractivity contribution in [2.45, 2.75) is 32.5 Å². The zero-order valence-electron chi connectivity index (χ0n) is 16.5. The fourth-order valence-electron chi connectivity index (χ4n) is 2.58. The molecule has 1 amide bonds. The maximum absolute atomic E-state index is 12.3. The van der Waals surface area contributed by atoms with E-state index in [4.69, 9.17) is 4.74 Å². The van der Waals surface area contributed by atoms with Crippen LogP contribution in [0.15, 0.2) is 42.5 Å². The van der Waals surface area contributed by atoms with Gasteiger partial charge in [0.1, 0.15) is 11.5 Å². The van der Waals surface area contributed by atoms with Crippen LogP contribution in [0.2, 0.25) is 0 Å². The summed E-state index contributed by atoms with van der Waals surface area (Å²) in [6.45, 7) is 2.49. The molecule has 1 N–H and O–H groups in total. The van der Waals surface area contributed by atoms with Gasteiger partial charge in [-0.3, -0.25) is 4.79 Å². The Kier molecular flexibility index (Phi) is 8.08. The number of hydrogen-bond donors (Lipinski definition) is 1. The minimum Gasteiger partial charge on any atom is -0.491 e. The van der Waals surface area contributed by atoms with Crippen LogP contribution >= 0.6 is 0 Å². The second kappa shape index (κ2) is 10.5. The molecule has 0 heterocycles. The quantitative estimate of drug-likeness (QED) is 0.369. The van der Waals surface area contributed by atoms with Gasteiger partial charge in [-0.1, -0.05) is 38.0 Å². The number of nitrogens with one attached hydrogen (secondary N) is 1. The Morgan fingerprint density at radius 1 is 1.00 bits per heavy atom. The molecule has 162 valence electrons. The van der Waals surface area contributed by atoms with Crippen LogP contribution in [-0.4, -0.2) is 32.0 Å². The van der Waals surface area contributed by atoms with E-state index in [1.807, 2.05) is 0 Å². The number of hydrogen-bond acceptors (Lipinski definition) is 5. The maximum atomic E-state index is 12.3. The first kappa shape index (κ1) is 23.1. The molecule has 0 radical (unpaired) electrons. The largest absolute Gasteiger partial charge is 0.573 e. The highest BCUT2D eigenvalue weighted by Crippen LogP contribution is 2.32. The molecule has 0 saturated heterocycles. The molecule has 2 rings (SSSR count). The number of benzene rings is 2. The van der Waals surface area contributed by atoms with Crippen LogP contribution in [0.1, 0.15) is 26.2 Å². The van der Waals surface area contributed by atoms with Crippen LogP contribution in [-0.2, 0) is 14.3 Å². The van der Waals surface area contributed by atoms with Gasteiger partial charge >= 0.3 is 18.2 Å². The SMILES string of the molecule is CCCCCOc1ccc(-c2ccc(OC(F)(F)F)cc2)cc1NC(=O)C(=O)OC. The summed E-state index contributed by atoms with van der Waals surface area (Å²) in [6.07, 6.45) is -1.95. The maximum Gasteiger partial charge on any atom is 0.573 e. The number of anilines is 1. The average molecular weight is 425 g/mol. The standard InChI is InChI=1S/C21H22F3NO5/c1-3-4-5-12-29-18-11-8-15(13-17(18)25-19(26)20(27)28-2)14-6-9-16(10-7-14)30-21(22,23)24/h6-11,13H,3-5,12H2,1-2H3,(H,25,26). The zero-order valence-corrected chi connectivity index (χ0v) is 16.5. The van der Waals surface area contributed by atoms with Gasteiger partial charge in [-0.05, 0) is 41.8 Å². The molecule has 2 aromatic carbocycles. The number of amides is 1. The Hall–Kier alpha value is -3.23. The van der Waals surface area contributed by atoms with E-state index in [1.165, 1.54) is 24.3 Å². The second-order valence-corrected chi connectivity index (χ2v) is 6.28. The Bertz CT molecular complexity index is 866. The van der Waals surface area contributed by atoms with Gasteiger partial charge in [0.05, 0.1) is 19.4 Å². The third-order valence-corrected chi connectivity index (χ3v) is 4.03. The summed E-state index contributed by atoms with van der Waals surface area (Å²) in [7, 11) is 1.09. The van der Waals surface area contributed by atoms with Gasteiger partial charge in [-0.15, -0.1) is 13.2 Å². The van der Waals surface area contributed by atoms with Crippen LogP contribution in [0.25, 0.3) is 11.1 Å². The van der Waals surface area contributed by atoms with Crippen LogP contribution < -0.4 is 14.8 Å². The number of methoxy groups -OCH3 is 1. The number of carbonyl (C=O) groups is 2. The van der Waals surface area contributed by atoms with Gasteiger partial charge in [0.25, 0.3) is 0 Å². The van der Waals surface area contributed by atoms with Crippen molar-refractivity contribution in [3.8, 4) is 22.6 Å². The van der Waals surface area contributed by atoms with E-state index in [1.54, 1.807) is 18.2 Å². The van der Waals surface area contributed by atoms with E-state index in [0.29, 0.717) is 23.5 Å². The van der Waals surface area contributed by atoms with Crippen molar-refractivity contribution in [3.63, 3.8) is 0 Å². The van der Waals surface area contributed by atoms with Crippen molar-refractivity contribution >= 4 is 17.6 Å². The highest BCUT2D eigenvalue weighted by molar-refractivity contribution is 6.37. The number of esters is 1. The van der Waals surface area contributed by atoms with E-state index in [2.05, 4.69) is 21.7 Å². The van der Waals surface area contributed by atoms with E-state index >= 15 is 0 Å². The second-order valence-electron chi connectivity index (χ2n) is 6.28. The van der Waals surface area contributed by atoms with Crippen LogP contribution in [0.3, 0.4) is 0 Å². The number of halogens is 3. The first-order valence-corrected chi connectivity index (χ1v) is 9.26. The molecule has 0 unspecified atom stereocenters. The van der Waals surface area contributed by atoms with Crippen molar-refractivity contribution in [1.82, 2.24) is 0 Å². The van der Waals surface area contributed by atoms with E-state index < -0.39 is 18.2 Å². The fraction of sp³-hybridized carbons (Fsp3) is 0.333. The summed E-state index contributed by atoms with van der Waals surface area (Å²) in [4.78, 5) is 23.4. The monoisotopic (exact) mass is 425 g/mol. The lowest BCUT2D eigenvalue weighted by atomic mass is 10.0. The van der Waals surface area contributed by atoms with Gasteiger partial charge in [-0.2, -0.15) is 0 Å². The Morgan fingerprint density at radius 3 is 2.27 bits per heavy atom. The molecule has 30 heavy (non-hydrogen) atoms. The molecule has 0 fully saturated rings. The third-order valence-electron chi connectivity index (χ3n) is 4.03. The molecule has 0 saturated carbocycles.